The summed E-state index contributed by atoms with van der Waals surface area (Å²) >= 11 is 0. The van der Waals surface area contributed by atoms with E-state index in [1.54, 1.807) is 31.4 Å². The fraction of sp³-hybridized carbons (Fsp3) is 0.486. The van der Waals surface area contributed by atoms with E-state index in [2.05, 4.69) is 6.92 Å². The Balaban J connectivity index is 1.45. The topological polar surface area (TPSA) is 69.0 Å². The van der Waals surface area contributed by atoms with Crippen LogP contribution in [0.15, 0.2) is 72.9 Å². The van der Waals surface area contributed by atoms with Crippen LogP contribution in [-0.4, -0.2) is 30.6 Å². The standard InChI is InChI=1S/C37H51N2O5/c1-4-5-6-7-8-9-10-11-12-13-14-20-27-43-34-25-24-31(28-35(34)42-3)30-44-37(41)39(29-33-23-18-19-26-38(33)2)36(40)32-21-16-15-17-22-32/h15-19,21-26,28H,4-14,20,27,29-30H2,1-3H3/q+1. The van der Waals surface area contributed by atoms with Crippen molar-refractivity contribution in [3.8, 4) is 11.5 Å². The number of hydrogen-bond donors (Lipinski definition) is 0. The average Bonchev–Trinajstić information content (AvgIpc) is 3.05. The lowest BCUT2D eigenvalue weighted by molar-refractivity contribution is -0.679. The highest BCUT2D eigenvalue weighted by Gasteiger charge is 2.27. The summed E-state index contributed by atoms with van der Waals surface area (Å²) in [5.74, 6) is 0.840. The predicted molar refractivity (Wildman–Crippen MR) is 174 cm³/mol. The van der Waals surface area contributed by atoms with Crippen LogP contribution in [-0.2, 0) is 24.9 Å². The zero-order valence-electron chi connectivity index (χ0n) is 27.0. The molecule has 2 aromatic carbocycles. The molecule has 1 heterocycles. The number of carbonyl (C=O) groups is 2. The first-order valence-electron chi connectivity index (χ1n) is 16.3. The first-order valence-corrected chi connectivity index (χ1v) is 16.3. The van der Waals surface area contributed by atoms with Crippen molar-refractivity contribution in [2.45, 2.75) is 97.1 Å². The zero-order chi connectivity index (χ0) is 31.4. The van der Waals surface area contributed by atoms with E-state index in [-0.39, 0.29) is 13.2 Å². The third-order valence-electron chi connectivity index (χ3n) is 7.81. The van der Waals surface area contributed by atoms with Gasteiger partial charge in [-0.15, -0.1) is 0 Å². The third kappa shape index (κ3) is 12.0. The lowest BCUT2D eigenvalue weighted by Crippen LogP contribution is -2.42. The number of rotatable bonds is 20. The molecule has 44 heavy (non-hydrogen) atoms. The molecular formula is C37H51N2O5+. The van der Waals surface area contributed by atoms with E-state index in [9.17, 15) is 9.59 Å². The molecule has 0 aliphatic carbocycles. The van der Waals surface area contributed by atoms with Crippen molar-refractivity contribution in [3.05, 3.63) is 89.7 Å². The number of aryl methyl sites for hydroxylation is 1. The lowest BCUT2D eigenvalue weighted by Gasteiger charge is -2.20. The average molecular weight is 604 g/mol. The summed E-state index contributed by atoms with van der Waals surface area (Å²) in [6.07, 6.45) is 16.8. The maximum absolute atomic E-state index is 13.3. The second-order valence-electron chi connectivity index (χ2n) is 11.3. The predicted octanol–water partition coefficient (Wildman–Crippen LogP) is 8.58. The highest BCUT2D eigenvalue weighted by Crippen LogP contribution is 2.29. The van der Waals surface area contributed by atoms with Gasteiger partial charge in [0.2, 0.25) is 5.69 Å². The number of hydrogen-bond acceptors (Lipinski definition) is 5. The first kappa shape index (κ1) is 34.6. The van der Waals surface area contributed by atoms with Crippen molar-refractivity contribution >= 4 is 12.0 Å². The summed E-state index contributed by atoms with van der Waals surface area (Å²) in [5, 5.41) is 0. The van der Waals surface area contributed by atoms with Crippen LogP contribution in [0.2, 0.25) is 0 Å². The molecule has 0 N–H and O–H groups in total. The quantitative estimate of drug-likeness (QED) is 0.0956. The zero-order valence-corrected chi connectivity index (χ0v) is 27.0. The van der Waals surface area contributed by atoms with Crippen LogP contribution in [0.3, 0.4) is 0 Å². The molecule has 0 spiro atoms. The van der Waals surface area contributed by atoms with Gasteiger partial charge in [-0.3, -0.25) is 4.79 Å². The number of pyridine rings is 1. The molecule has 2 amide bonds. The molecule has 0 radical (unpaired) electrons. The van der Waals surface area contributed by atoms with E-state index in [1.165, 1.54) is 64.2 Å². The summed E-state index contributed by atoms with van der Waals surface area (Å²) in [5.41, 5.74) is 1.95. The number of amides is 2. The summed E-state index contributed by atoms with van der Waals surface area (Å²) < 4.78 is 19.1. The second kappa shape index (κ2) is 20.2. The van der Waals surface area contributed by atoms with Crippen molar-refractivity contribution in [1.29, 1.82) is 0 Å². The number of imide groups is 1. The molecule has 1 aromatic heterocycles. The van der Waals surface area contributed by atoms with Gasteiger partial charge in [0, 0.05) is 17.7 Å². The van der Waals surface area contributed by atoms with Crippen LogP contribution in [0.1, 0.15) is 106 Å². The van der Waals surface area contributed by atoms with Crippen LogP contribution in [0.4, 0.5) is 4.79 Å². The number of benzene rings is 2. The summed E-state index contributed by atoms with van der Waals surface area (Å²) in [4.78, 5) is 27.7. The van der Waals surface area contributed by atoms with Crippen molar-refractivity contribution < 1.29 is 28.4 Å². The lowest BCUT2D eigenvalue weighted by atomic mass is 10.1. The molecule has 7 nitrogen and oxygen atoms in total. The fourth-order valence-corrected chi connectivity index (χ4v) is 5.11. The van der Waals surface area contributed by atoms with Gasteiger partial charge in [0.15, 0.2) is 17.7 Å². The molecule has 238 valence electrons. The molecule has 3 aromatic rings. The Kier molecular flexibility index (Phi) is 15.9. The molecule has 0 saturated carbocycles. The SMILES string of the molecule is CCCCCCCCCCCCCCOc1ccc(COC(=O)N(Cc2cccc[n+]2C)C(=O)c2ccccc2)cc1OC. The van der Waals surface area contributed by atoms with Crippen LogP contribution < -0.4 is 14.0 Å². The smallest absolute Gasteiger partial charge is 0.417 e. The number of methoxy groups -OCH3 is 1. The normalized spacial score (nSPS) is 10.8. The minimum Gasteiger partial charge on any atom is -0.493 e. The number of carbonyl (C=O) groups excluding carboxylic acids is 2. The second-order valence-corrected chi connectivity index (χ2v) is 11.3. The van der Waals surface area contributed by atoms with Gasteiger partial charge in [-0.25, -0.2) is 14.3 Å². The van der Waals surface area contributed by atoms with Gasteiger partial charge >= 0.3 is 6.09 Å². The van der Waals surface area contributed by atoms with Gasteiger partial charge in [0.1, 0.15) is 20.2 Å². The minimum atomic E-state index is -0.714. The van der Waals surface area contributed by atoms with E-state index in [4.69, 9.17) is 14.2 Å². The monoisotopic (exact) mass is 603 g/mol. The molecule has 0 atom stereocenters. The van der Waals surface area contributed by atoms with Crippen molar-refractivity contribution in [3.63, 3.8) is 0 Å². The Hall–Kier alpha value is -3.87. The molecule has 0 bridgehead atoms. The van der Waals surface area contributed by atoms with Crippen LogP contribution in [0.25, 0.3) is 0 Å². The Morgan fingerprint density at radius 3 is 2.02 bits per heavy atom. The van der Waals surface area contributed by atoms with Crippen molar-refractivity contribution in [2.24, 2.45) is 7.05 Å². The number of nitrogens with zero attached hydrogens (tertiary/aromatic N) is 2. The van der Waals surface area contributed by atoms with E-state index in [0.29, 0.717) is 23.7 Å². The van der Waals surface area contributed by atoms with Gasteiger partial charge < -0.3 is 14.2 Å². The van der Waals surface area contributed by atoms with E-state index >= 15 is 0 Å². The Labute approximate surface area is 264 Å². The van der Waals surface area contributed by atoms with Gasteiger partial charge in [0.25, 0.3) is 5.91 Å². The third-order valence-corrected chi connectivity index (χ3v) is 7.81. The minimum absolute atomic E-state index is 0.00625. The molecule has 7 heteroatoms. The van der Waals surface area contributed by atoms with Crippen molar-refractivity contribution in [2.75, 3.05) is 13.7 Å². The molecular weight excluding hydrogens is 552 g/mol. The Morgan fingerprint density at radius 1 is 0.750 bits per heavy atom. The van der Waals surface area contributed by atoms with Crippen molar-refractivity contribution in [1.82, 2.24) is 4.90 Å². The highest BCUT2D eigenvalue weighted by molar-refractivity contribution is 6.02. The van der Waals surface area contributed by atoms with Gasteiger partial charge in [0.05, 0.1) is 13.7 Å². The van der Waals surface area contributed by atoms with Gasteiger partial charge in [-0.05, 0) is 36.2 Å². The summed E-state index contributed by atoms with van der Waals surface area (Å²) in [6.45, 7) is 2.97. The molecule has 0 unspecified atom stereocenters. The fourth-order valence-electron chi connectivity index (χ4n) is 5.11. The molecule has 0 aliphatic rings. The number of aromatic nitrogens is 1. The first-order chi connectivity index (χ1) is 21.5. The van der Waals surface area contributed by atoms with Crippen LogP contribution in [0, 0.1) is 0 Å². The Morgan fingerprint density at radius 2 is 1.39 bits per heavy atom. The van der Waals surface area contributed by atoms with Gasteiger partial charge in [-0.2, -0.15) is 0 Å². The highest BCUT2D eigenvalue weighted by atomic mass is 16.6. The molecule has 0 saturated heterocycles. The van der Waals surface area contributed by atoms with E-state index < -0.39 is 12.0 Å². The van der Waals surface area contributed by atoms with Crippen LogP contribution in [0.5, 0.6) is 11.5 Å². The number of ether oxygens (including phenoxy) is 3. The molecule has 0 fully saturated rings. The van der Waals surface area contributed by atoms with E-state index in [0.717, 1.165) is 29.0 Å². The van der Waals surface area contributed by atoms with Gasteiger partial charge in [-0.1, -0.05) is 108 Å². The maximum atomic E-state index is 13.3. The van der Waals surface area contributed by atoms with E-state index in [1.807, 2.05) is 60.3 Å². The maximum Gasteiger partial charge on any atom is 0.417 e. The number of unbranched alkanes of at least 4 members (excludes halogenated alkanes) is 11. The molecule has 0 aliphatic heterocycles. The summed E-state index contributed by atoms with van der Waals surface area (Å²) in [6, 6.07) is 19.9. The largest absolute Gasteiger partial charge is 0.493 e. The molecule has 3 rings (SSSR count). The summed E-state index contributed by atoms with van der Waals surface area (Å²) in [7, 11) is 3.47. The Bertz CT molecular complexity index is 1260. The van der Waals surface area contributed by atoms with Crippen LogP contribution >= 0.6 is 0 Å².